The Labute approximate surface area is 161 Å². The van der Waals surface area contributed by atoms with Crippen molar-refractivity contribution in [3.8, 4) is 0 Å². The zero-order valence-corrected chi connectivity index (χ0v) is 15.3. The number of aromatic nitrogens is 5. The minimum Gasteiger partial charge on any atom is -0.330 e. The number of rotatable bonds is 3. The van der Waals surface area contributed by atoms with E-state index in [1.807, 2.05) is 35.2 Å². The second-order valence-corrected chi connectivity index (χ2v) is 7.38. The molecule has 0 N–H and O–H groups in total. The third-order valence-corrected chi connectivity index (χ3v) is 5.65. The van der Waals surface area contributed by atoms with Gasteiger partial charge in [-0.05, 0) is 18.4 Å². The lowest BCUT2D eigenvalue weighted by Gasteiger charge is -2.27. The van der Waals surface area contributed by atoms with Gasteiger partial charge in [0.05, 0.1) is 18.2 Å². The molecule has 2 bridgehead atoms. The molecule has 1 aromatic carbocycles. The van der Waals surface area contributed by atoms with Crippen LogP contribution in [0.2, 0.25) is 0 Å². The summed E-state index contributed by atoms with van der Waals surface area (Å²) < 4.78 is 3.28. The van der Waals surface area contributed by atoms with Crippen molar-refractivity contribution in [1.82, 2.24) is 29.2 Å². The van der Waals surface area contributed by atoms with Gasteiger partial charge in [-0.25, -0.2) is 19.4 Å². The SMILES string of the molecule is O=C(c1cncnc1)N1C2CCC1Cn1c(nn(Cc3ccccc3)c1=O)C2. The maximum absolute atomic E-state index is 13.0. The predicted molar refractivity (Wildman–Crippen MR) is 101 cm³/mol. The molecule has 2 aromatic heterocycles. The minimum atomic E-state index is -0.109. The van der Waals surface area contributed by atoms with E-state index in [0.717, 1.165) is 24.2 Å². The van der Waals surface area contributed by atoms with Crippen molar-refractivity contribution in [3.05, 3.63) is 76.5 Å². The zero-order valence-electron chi connectivity index (χ0n) is 15.3. The second-order valence-electron chi connectivity index (χ2n) is 7.38. The lowest BCUT2D eigenvalue weighted by Crippen LogP contribution is -2.43. The first kappa shape index (κ1) is 16.9. The molecule has 0 radical (unpaired) electrons. The Balaban J connectivity index is 1.44. The summed E-state index contributed by atoms with van der Waals surface area (Å²) in [5.74, 6) is 0.693. The maximum atomic E-state index is 13.0. The van der Waals surface area contributed by atoms with E-state index in [0.29, 0.717) is 25.1 Å². The Morgan fingerprint density at radius 3 is 2.61 bits per heavy atom. The van der Waals surface area contributed by atoms with Gasteiger partial charge in [0.25, 0.3) is 5.91 Å². The van der Waals surface area contributed by atoms with Crippen molar-refractivity contribution >= 4 is 5.91 Å². The summed E-state index contributed by atoms with van der Waals surface area (Å²) >= 11 is 0. The van der Waals surface area contributed by atoms with Gasteiger partial charge in [-0.1, -0.05) is 30.3 Å². The summed E-state index contributed by atoms with van der Waals surface area (Å²) in [6, 6.07) is 9.88. The van der Waals surface area contributed by atoms with Crippen LogP contribution in [-0.4, -0.2) is 47.2 Å². The Bertz CT molecular complexity index is 1060. The van der Waals surface area contributed by atoms with Gasteiger partial charge < -0.3 is 4.90 Å². The molecule has 142 valence electrons. The molecule has 28 heavy (non-hydrogen) atoms. The predicted octanol–water partition coefficient (Wildman–Crippen LogP) is 1.11. The highest BCUT2D eigenvalue weighted by atomic mass is 16.2. The van der Waals surface area contributed by atoms with Crippen molar-refractivity contribution in [2.75, 3.05) is 0 Å². The van der Waals surface area contributed by atoms with Crippen LogP contribution in [0.1, 0.15) is 34.6 Å². The smallest absolute Gasteiger partial charge is 0.330 e. The second kappa shape index (κ2) is 6.70. The fraction of sp³-hybridized carbons (Fsp3) is 0.350. The van der Waals surface area contributed by atoms with E-state index in [1.165, 1.54) is 11.0 Å². The van der Waals surface area contributed by atoms with E-state index in [-0.39, 0.29) is 23.7 Å². The summed E-state index contributed by atoms with van der Waals surface area (Å²) in [5, 5.41) is 4.60. The highest BCUT2D eigenvalue weighted by Gasteiger charge is 2.41. The van der Waals surface area contributed by atoms with Crippen LogP contribution >= 0.6 is 0 Å². The number of hydrogen-bond donors (Lipinski definition) is 0. The molecule has 4 heterocycles. The van der Waals surface area contributed by atoms with Crippen LogP contribution in [0.4, 0.5) is 0 Å². The Kier molecular flexibility index (Phi) is 4.03. The van der Waals surface area contributed by atoms with Crippen LogP contribution in [-0.2, 0) is 19.5 Å². The molecule has 2 atom stereocenters. The van der Waals surface area contributed by atoms with E-state index >= 15 is 0 Å². The molecule has 0 aliphatic carbocycles. The highest BCUT2D eigenvalue weighted by molar-refractivity contribution is 5.94. The molecule has 0 saturated carbocycles. The minimum absolute atomic E-state index is 0.00830. The van der Waals surface area contributed by atoms with E-state index in [1.54, 1.807) is 17.0 Å². The molecule has 0 spiro atoms. The third-order valence-electron chi connectivity index (χ3n) is 5.65. The molecule has 8 heteroatoms. The van der Waals surface area contributed by atoms with Gasteiger partial charge in [-0.3, -0.25) is 9.36 Å². The summed E-state index contributed by atoms with van der Waals surface area (Å²) in [6.45, 7) is 0.942. The third kappa shape index (κ3) is 2.81. The number of carbonyl (C=O) groups is 1. The summed E-state index contributed by atoms with van der Waals surface area (Å²) in [5.41, 5.74) is 1.42. The average Bonchev–Trinajstić information content (AvgIpc) is 3.18. The van der Waals surface area contributed by atoms with Gasteiger partial charge in [0.2, 0.25) is 0 Å². The van der Waals surface area contributed by atoms with E-state index in [9.17, 15) is 9.59 Å². The van der Waals surface area contributed by atoms with E-state index < -0.39 is 0 Å². The molecule has 5 rings (SSSR count). The number of carbonyl (C=O) groups excluding carboxylic acids is 1. The van der Waals surface area contributed by atoms with Crippen molar-refractivity contribution < 1.29 is 4.79 Å². The number of nitrogens with zero attached hydrogens (tertiary/aromatic N) is 6. The van der Waals surface area contributed by atoms with Crippen molar-refractivity contribution in [2.24, 2.45) is 0 Å². The molecule has 3 aromatic rings. The standard InChI is InChI=1S/C20H20N6O2/c27-19(15-9-21-13-22-10-15)26-16-6-7-17(26)12-24-18(8-16)23-25(20(24)28)11-14-4-2-1-3-5-14/h1-5,9-10,13,16-17H,6-8,11-12H2. The maximum Gasteiger partial charge on any atom is 0.346 e. The lowest BCUT2D eigenvalue weighted by atomic mass is 10.1. The molecule has 1 fully saturated rings. The van der Waals surface area contributed by atoms with Gasteiger partial charge in [0.15, 0.2) is 0 Å². The van der Waals surface area contributed by atoms with E-state index in [2.05, 4.69) is 15.1 Å². The molecule has 1 saturated heterocycles. The van der Waals surface area contributed by atoms with Gasteiger partial charge in [0.1, 0.15) is 12.2 Å². The largest absolute Gasteiger partial charge is 0.346 e. The molecule has 8 nitrogen and oxygen atoms in total. The van der Waals surface area contributed by atoms with Crippen LogP contribution in [0, 0.1) is 0 Å². The Morgan fingerprint density at radius 1 is 1.07 bits per heavy atom. The monoisotopic (exact) mass is 376 g/mol. The molecular weight excluding hydrogens is 356 g/mol. The average molecular weight is 376 g/mol. The molecule has 1 amide bonds. The molecule has 2 aliphatic rings. The highest BCUT2D eigenvalue weighted by Crippen LogP contribution is 2.31. The fourth-order valence-corrected chi connectivity index (χ4v) is 4.33. The summed E-state index contributed by atoms with van der Waals surface area (Å²) in [7, 11) is 0. The van der Waals surface area contributed by atoms with Gasteiger partial charge in [-0.2, -0.15) is 5.10 Å². The molecule has 2 aliphatic heterocycles. The zero-order chi connectivity index (χ0) is 19.1. The van der Waals surface area contributed by atoms with Crippen LogP contribution in [0.15, 0.2) is 53.8 Å². The number of fused-ring (bicyclic) bond motifs is 3. The van der Waals surface area contributed by atoms with Gasteiger partial charge in [-0.15, -0.1) is 0 Å². The normalized spacial score (nSPS) is 20.6. The lowest BCUT2D eigenvalue weighted by molar-refractivity contribution is 0.0664. The van der Waals surface area contributed by atoms with Gasteiger partial charge >= 0.3 is 5.69 Å². The van der Waals surface area contributed by atoms with Crippen LogP contribution in [0.5, 0.6) is 0 Å². The number of amides is 1. The van der Waals surface area contributed by atoms with Gasteiger partial charge in [0, 0.05) is 31.4 Å². The topological polar surface area (TPSA) is 85.9 Å². The summed E-state index contributed by atoms with van der Waals surface area (Å²) in [6.07, 6.45) is 6.91. The van der Waals surface area contributed by atoms with Crippen molar-refractivity contribution in [1.29, 1.82) is 0 Å². The molecular formula is C20H20N6O2. The van der Waals surface area contributed by atoms with Crippen LogP contribution in [0.3, 0.4) is 0 Å². The first-order valence-electron chi connectivity index (χ1n) is 9.49. The summed E-state index contributed by atoms with van der Waals surface area (Å²) in [4.78, 5) is 35.8. The van der Waals surface area contributed by atoms with E-state index in [4.69, 9.17) is 0 Å². The van der Waals surface area contributed by atoms with Crippen LogP contribution in [0.25, 0.3) is 0 Å². The molecule has 2 unspecified atom stereocenters. The first-order chi connectivity index (χ1) is 13.7. The van der Waals surface area contributed by atoms with Crippen molar-refractivity contribution in [2.45, 2.75) is 44.4 Å². The van der Waals surface area contributed by atoms with Crippen LogP contribution < -0.4 is 5.69 Å². The quantitative estimate of drug-likeness (QED) is 0.684. The number of hydrogen-bond acceptors (Lipinski definition) is 5. The fourth-order valence-electron chi connectivity index (χ4n) is 4.33. The Morgan fingerprint density at radius 2 is 1.82 bits per heavy atom. The first-order valence-corrected chi connectivity index (χ1v) is 9.49. The number of benzene rings is 1. The Hall–Kier alpha value is -3.29. The van der Waals surface area contributed by atoms with Crippen molar-refractivity contribution in [3.63, 3.8) is 0 Å².